The van der Waals surface area contributed by atoms with Crippen LogP contribution in [0.5, 0.6) is 0 Å². The SMILES string of the molecule is Cc1nc([C@@H]2C[C@@H]3CCN(Cc4cnn(C)c4)C[C@H]3O2)sc1C. The molecule has 2 saturated heterocycles. The number of hydrogen-bond donors (Lipinski definition) is 0. The first-order chi connectivity index (χ1) is 11.1. The topological polar surface area (TPSA) is 43.2 Å². The second kappa shape index (κ2) is 6.00. The van der Waals surface area contributed by atoms with Gasteiger partial charge in [0.2, 0.25) is 0 Å². The molecule has 0 spiro atoms. The lowest BCUT2D eigenvalue weighted by molar-refractivity contribution is -0.00942. The summed E-state index contributed by atoms with van der Waals surface area (Å²) in [5.41, 5.74) is 2.44. The van der Waals surface area contributed by atoms with Gasteiger partial charge >= 0.3 is 0 Å². The molecule has 0 amide bonds. The number of nitrogens with zero attached hydrogens (tertiary/aromatic N) is 4. The quantitative estimate of drug-likeness (QED) is 0.867. The van der Waals surface area contributed by atoms with E-state index in [2.05, 4.69) is 30.0 Å². The van der Waals surface area contributed by atoms with Gasteiger partial charge in [-0.3, -0.25) is 9.58 Å². The molecular weight excluding hydrogens is 308 g/mol. The third kappa shape index (κ3) is 3.07. The van der Waals surface area contributed by atoms with Crippen LogP contribution in [0.25, 0.3) is 0 Å². The van der Waals surface area contributed by atoms with Crippen LogP contribution < -0.4 is 0 Å². The molecule has 0 bridgehead atoms. The second-order valence-electron chi connectivity index (χ2n) is 6.90. The van der Waals surface area contributed by atoms with E-state index < -0.39 is 0 Å². The number of aryl methyl sites for hydroxylation is 3. The molecular formula is C17H24N4OS. The minimum Gasteiger partial charge on any atom is -0.366 e. The van der Waals surface area contributed by atoms with Crippen LogP contribution in [0.4, 0.5) is 0 Å². The minimum atomic E-state index is 0.209. The monoisotopic (exact) mass is 332 g/mol. The molecule has 2 aromatic heterocycles. The van der Waals surface area contributed by atoms with Gasteiger partial charge in [-0.2, -0.15) is 5.10 Å². The van der Waals surface area contributed by atoms with Gasteiger partial charge in [0.25, 0.3) is 0 Å². The maximum absolute atomic E-state index is 6.38. The Morgan fingerprint density at radius 2 is 2.26 bits per heavy atom. The van der Waals surface area contributed by atoms with Crippen LogP contribution in [0.1, 0.15) is 40.1 Å². The van der Waals surface area contributed by atoms with Gasteiger partial charge in [-0.1, -0.05) is 0 Å². The molecule has 2 aliphatic heterocycles. The number of ether oxygens (including phenoxy) is 1. The number of aromatic nitrogens is 3. The fourth-order valence-electron chi connectivity index (χ4n) is 3.74. The molecule has 3 atom stereocenters. The van der Waals surface area contributed by atoms with Crippen molar-refractivity contribution in [2.45, 2.75) is 45.4 Å². The number of hydrogen-bond acceptors (Lipinski definition) is 5. The zero-order chi connectivity index (χ0) is 16.0. The molecule has 2 aromatic rings. The van der Waals surface area contributed by atoms with E-state index >= 15 is 0 Å². The van der Waals surface area contributed by atoms with Crippen LogP contribution in [0, 0.1) is 19.8 Å². The van der Waals surface area contributed by atoms with Crippen molar-refractivity contribution in [3.8, 4) is 0 Å². The number of rotatable bonds is 3. The maximum atomic E-state index is 6.38. The molecule has 124 valence electrons. The summed E-state index contributed by atoms with van der Waals surface area (Å²) < 4.78 is 8.25. The Labute approximate surface area is 141 Å². The van der Waals surface area contributed by atoms with Gasteiger partial charge < -0.3 is 4.74 Å². The molecule has 23 heavy (non-hydrogen) atoms. The molecule has 0 aromatic carbocycles. The Bertz CT molecular complexity index is 675. The summed E-state index contributed by atoms with van der Waals surface area (Å²) in [6.45, 7) is 7.39. The predicted molar refractivity (Wildman–Crippen MR) is 90.4 cm³/mol. The highest BCUT2D eigenvalue weighted by atomic mass is 32.1. The van der Waals surface area contributed by atoms with Gasteiger partial charge in [-0.25, -0.2) is 4.98 Å². The van der Waals surface area contributed by atoms with Crippen LogP contribution in [0.3, 0.4) is 0 Å². The zero-order valence-electron chi connectivity index (χ0n) is 14.0. The first kappa shape index (κ1) is 15.3. The molecule has 0 unspecified atom stereocenters. The van der Waals surface area contributed by atoms with Gasteiger partial charge in [0.1, 0.15) is 11.1 Å². The van der Waals surface area contributed by atoms with Crippen molar-refractivity contribution < 1.29 is 4.74 Å². The van der Waals surface area contributed by atoms with Gasteiger partial charge in [0.15, 0.2) is 0 Å². The van der Waals surface area contributed by atoms with Crippen molar-refractivity contribution in [2.75, 3.05) is 13.1 Å². The minimum absolute atomic E-state index is 0.209. The summed E-state index contributed by atoms with van der Waals surface area (Å²) in [6.07, 6.45) is 7.00. The van der Waals surface area contributed by atoms with E-state index in [1.165, 1.54) is 21.9 Å². The molecule has 0 saturated carbocycles. The Hall–Kier alpha value is -1.24. The lowest BCUT2D eigenvalue weighted by Crippen LogP contribution is -2.41. The third-order valence-electron chi connectivity index (χ3n) is 5.12. The van der Waals surface area contributed by atoms with Gasteiger partial charge in [-0.15, -0.1) is 11.3 Å². The standard InChI is InChI=1S/C17H24N4OS/c1-11-12(2)23-17(19-11)15-6-14-4-5-21(10-16(14)22-15)9-13-7-18-20(3)8-13/h7-8,14-16H,4-6,9-10H2,1-3H3/t14-,15-,16+/m0/s1. The average Bonchev–Trinajstić information content (AvgIpc) is 3.19. The average molecular weight is 332 g/mol. The summed E-state index contributed by atoms with van der Waals surface area (Å²) in [5.74, 6) is 0.690. The van der Waals surface area contributed by atoms with E-state index in [0.717, 1.165) is 31.7 Å². The number of thiazole rings is 1. The fraction of sp³-hybridized carbons (Fsp3) is 0.647. The van der Waals surface area contributed by atoms with Crippen molar-refractivity contribution in [2.24, 2.45) is 13.0 Å². The number of piperidine rings is 1. The summed E-state index contributed by atoms with van der Waals surface area (Å²) in [5, 5.41) is 5.44. The van der Waals surface area contributed by atoms with Crippen molar-refractivity contribution in [3.63, 3.8) is 0 Å². The molecule has 0 aliphatic carbocycles. The third-order valence-corrected chi connectivity index (χ3v) is 6.29. The first-order valence-electron chi connectivity index (χ1n) is 8.38. The molecule has 5 nitrogen and oxygen atoms in total. The summed E-state index contributed by atoms with van der Waals surface area (Å²) in [6, 6.07) is 0. The molecule has 0 radical (unpaired) electrons. The van der Waals surface area contributed by atoms with Crippen LogP contribution in [0.2, 0.25) is 0 Å². The highest BCUT2D eigenvalue weighted by Gasteiger charge is 2.40. The number of fused-ring (bicyclic) bond motifs is 1. The molecule has 4 rings (SSSR count). The molecule has 0 N–H and O–H groups in total. The summed E-state index contributed by atoms with van der Waals surface area (Å²) in [7, 11) is 1.97. The number of likely N-dealkylation sites (tertiary alicyclic amines) is 1. The zero-order valence-corrected chi connectivity index (χ0v) is 14.8. The van der Waals surface area contributed by atoms with Crippen LogP contribution in [-0.2, 0) is 18.3 Å². The smallest absolute Gasteiger partial charge is 0.122 e. The van der Waals surface area contributed by atoms with E-state index in [-0.39, 0.29) is 6.10 Å². The van der Waals surface area contributed by atoms with E-state index in [4.69, 9.17) is 9.72 Å². The van der Waals surface area contributed by atoms with Crippen molar-refractivity contribution in [3.05, 3.63) is 33.5 Å². The Morgan fingerprint density at radius 3 is 2.96 bits per heavy atom. The summed E-state index contributed by atoms with van der Waals surface area (Å²) in [4.78, 5) is 8.52. The Kier molecular flexibility index (Phi) is 3.99. The predicted octanol–water partition coefficient (Wildman–Crippen LogP) is 2.85. The maximum Gasteiger partial charge on any atom is 0.122 e. The van der Waals surface area contributed by atoms with Crippen LogP contribution in [-0.4, -0.2) is 38.9 Å². The highest BCUT2D eigenvalue weighted by Crippen LogP contribution is 2.42. The Morgan fingerprint density at radius 1 is 1.39 bits per heavy atom. The van der Waals surface area contributed by atoms with Crippen molar-refractivity contribution >= 4 is 11.3 Å². The largest absolute Gasteiger partial charge is 0.366 e. The Balaban J connectivity index is 1.40. The van der Waals surface area contributed by atoms with Crippen LogP contribution in [0.15, 0.2) is 12.4 Å². The normalized spacial score (nSPS) is 28.2. The second-order valence-corrected chi connectivity index (χ2v) is 8.13. The lowest BCUT2D eigenvalue weighted by Gasteiger charge is -2.33. The highest BCUT2D eigenvalue weighted by molar-refractivity contribution is 7.11. The van der Waals surface area contributed by atoms with Gasteiger partial charge in [0, 0.05) is 36.8 Å². The van der Waals surface area contributed by atoms with Gasteiger partial charge in [0.05, 0.1) is 18.0 Å². The summed E-state index contributed by atoms with van der Waals surface area (Å²) >= 11 is 1.80. The van der Waals surface area contributed by atoms with E-state index in [1.54, 1.807) is 11.3 Å². The van der Waals surface area contributed by atoms with Crippen molar-refractivity contribution in [1.29, 1.82) is 0 Å². The molecule has 4 heterocycles. The van der Waals surface area contributed by atoms with Gasteiger partial charge in [-0.05, 0) is 39.2 Å². The van der Waals surface area contributed by atoms with E-state index in [0.29, 0.717) is 12.0 Å². The van der Waals surface area contributed by atoms with Crippen molar-refractivity contribution in [1.82, 2.24) is 19.7 Å². The van der Waals surface area contributed by atoms with E-state index in [9.17, 15) is 0 Å². The van der Waals surface area contributed by atoms with E-state index in [1.807, 2.05) is 17.9 Å². The van der Waals surface area contributed by atoms with Crippen LogP contribution >= 0.6 is 11.3 Å². The molecule has 6 heteroatoms. The molecule has 2 fully saturated rings. The fourth-order valence-corrected chi connectivity index (χ4v) is 4.72. The lowest BCUT2D eigenvalue weighted by atomic mass is 9.92. The first-order valence-corrected chi connectivity index (χ1v) is 9.19. The molecule has 2 aliphatic rings.